The van der Waals surface area contributed by atoms with Crippen molar-refractivity contribution >= 4 is 5.91 Å². The highest BCUT2D eigenvalue weighted by Crippen LogP contribution is 2.28. The number of amides is 1. The molecule has 0 unspecified atom stereocenters. The van der Waals surface area contributed by atoms with Crippen LogP contribution >= 0.6 is 0 Å². The van der Waals surface area contributed by atoms with Crippen LogP contribution < -0.4 is 5.32 Å². The van der Waals surface area contributed by atoms with Crippen LogP contribution in [0.2, 0.25) is 0 Å². The van der Waals surface area contributed by atoms with Crippen molar-refractivity contribution in [1.82, 2.24) is 5.32 Å². The number of hydrogen-bond donors (Lipinski definition) is 3. The number of nitrogens with one attached hydrogen (secondary N) is 1. The van der Waals surface area contributed by atoms with E-state index in [1.54, 1.807) is 0 Å². The van der Waals surface area contributed by atoms with E-state index in [-0.39, 0.29) is 23.0 Å². The summed E-state index contributed by atoms with van der Waals surface area (Å²) < 4.78 is 5.38. The van der Waals surface area contributed by atoms with Crippen LogP contribution in [-0.2, 0) is 4.74 Å². The van der Waals surface area contributed by atoms with Gasteiger partial charge in [0, 0.05) is 24.8 Å². The molecule has 2 rings (SSSR count). The summed E-state index contributed by atoms with van der Waals surface area (Å²) in [5.74, 6) is 0.107. The Morgan fingerprint density at radius 1 is 1.28 bits per heavy atom. The van der Waals surface area contributed by atoms with Crippen LogP contribution in [-0.4, -0.2) is 35.9 Å². The number of benzene rings is 1. The zero-order valence-electron chi connectivity index (χ0n) is 10.1. The number of phenolic OH excluding ortho intramolecular Hbond substituents is 2. The fourth-order valence-corrected chi connectivity index (χ4v) is 1.60. The van der Waals surface area contributed by atoms with Gasteiger partial charge in [-0.25, -0.2) is 0 Å². The average molecular weight is 251 g/mol. The van der Waals surface area contributed by atoms with E-state index in [0.29, 0.717) is 19.1 Å². The smallest absolute Gasteiger partial charge is 0.251 e. The van der Waals surface area contributed by atoms with Crippen LogP contribution in [0.1, 0.15) is 23.2 Å². The topological polar surface area (TPSA) is 78.8 Å². The lowest BCUT2D eigenvalue weighted by atomic mass is 10.2. The SMILES string of the molecule is O=C(NCCOCC1CC1)c1cc(O)cc(O)c1. The summed E-state index contributed by atoms with van der Waals surface area (Å²) in [6.07, 6.45) is 2.49. The fourth-order valence-electron chi connectivity index (χ4n) is 1.60. The zero-order chi connectivity index (χ0) is 13.0. The van der Waals surface area contributed by atoms with E-state index < -0.39 is 0 Å². The summed E-state index contributed by atoms with van der Waals surface area (Å²) in [6, 6.07) is 3.79. The highest BCUT2D eigenvalue weighted by molar-refractivity contribution is 5.95. The number of ether oxygens (including phenoxy) is 1. The molecule has 5 heteroatoms. The Kier molecular flexibility index (Phi) is 4.04. The quantitative estimate of drug-likeness (QED) is 0.665. The monoisotopic (exact) mass is 251 g/mol. The molecular formula is C13H17NO4. The van der Waals surface area contributed by atoms with Crippen molar-refractivity contribution < 1.29 is 19.7 Å². The summed E-state index contributed by atoms with van der Waals surface area (Å²) in [4.78, 5) is 11.7. The minimum absolute atomic E-state index is 0.134. The third-order valence-corrected chi connectivity index (χ3v) is 2.75. The molecule has 0 radical (unpaired) electrons. The molecule has 1 aliphatic rings. The average Bonchev–Trinajstić information content (AvgIpc) is 3.11. The molecule has 0 aliphatic heterocycles. The Hall–Kier alpha value is -1.75. The number of carbonyl (C=O) groups excluding carboxylic acids is 1. The van der Waals surface area contributed by atoms with E-state index in [1.165, 1.54) is 31.0 Å². The lowest BCUT2D eigenvalue weighted by Gasteiger charge is -2.07. The third kappa shape index (κ3) is 3.92. The Bertz CT molecular complexity index is 409. The largest absolute Gasteiger partial charge is 0.508 e. The molecule has 0 atom stereocenters. The van der Waals surface area contributed by atoms with Gasteiger partial charge in [0.1, 0.15) is 11.5 Å². The van der Waals surface area contributed by atoms with Gasteiger partial charge in [0.15, 0.2) is 0 Å². The molecule has 0 saturated heterocycles. The maximum Gasteiger partial charge on any atom is 0.251 e. The molecular weight excluding hydrogens is 234 g/mol. The van der Waals surface area contributed by atoms with Crippen molar-refractivity contribution in [3.05, 3.63) is 23.8 Å². The first-order valence-electron chi connectivity index (χ1n) is 6.04. The minimum Gasteiger partial charge on any atom is -0.508 e. The van der Waals surface area contributed by atoms with Gasteiger partial charge >= 0.3 is 0 Å². The molecule has 3 N–H and O–H groups in total. The van der Waals surface area contributed by atoms with Gasteiger partial charge in [-0.2, -0.15) is 0 Å². The van der Waals surface area contributed by atoms with E-state index in [1.807, 2.05) is 0 Å². The molecule has 98 valence electrons. The first-order chi connectivity index (χ1) is 8.65. The Balaban J connectivity index is 1.72. The molecule has 0 aromatic heterocycles. The van der Waals surface area contributed by atoms with Crippen molar-refractivity contribution in [3.8, 4) is 11.5 Å². The molecule has 1 amide bonds. The Labute approximate surface area is 105 Å². The predicted octanol–water partition coefficient (Wildman–Crippen LogP) is 1.25. The summed E-state index contributed by atoms with van der Waals surface area (Å²) in [6.45, 7) is 1.66. The summed E-state index contributed by atoms with van der Waals surface area (Å²) in [5, 5.41) is 21.2. The molecule has 1 fully saturated rings. The molecule has 18 heavy (non-hydrogen) atoms. The lowest BCUT2D eigenvalue weighted by Crippen LogP contribution is -2.27. The number of rotatable bonds is 6. The van der Waals surface area contributed by atoms with Crippen LogP contribution in [0, 0.1) is 5.92 Å². The van der Waals surface area contributed by atoms with Gasteiger partial charge in [-0.15, -0.1) is 0 Å². The summed E-state index contributed by atoms with van der Waals surface area (Å²) in [5.41, 5.74) is 0.231. The number of hydrogen-bond acceptors (Lipinski definition) is 4. The zero-order valence-corrected chi connectivity index (χ0v) is 10.1. The predicted molar refractivity (Wildman–Crippen MR) is 65.6 cm³/mol. The van der Waals surface area contributed by atoms with E-state index in [2.05, 4.69) is 5.32 Å². The standard InChI is InChI=1S/C13H17NO4/c15-11-5-10(6-12(16)7-11)13(17)14-3-4-18-8-9-1-2-9/h5-7,9,15-16H,1-4,8H2,(H,14,17). The Morgan fingerprint density at radius 3 is 2.56 bits per heavy atom. The molecule has 5 nitrogen and oxygen atoms in total. The molecule has 0 spiro atoms. The van der Waals surface area contributed by atoms with Gasteiger partial charge in [-0.3, -0.25) is 4.79 Å². The molecule has 0 heterocycles. The second-order valence-electron chi connectivity index (χ2n) is 4.51. The van der Waals surface area contributed by atoms with Crippen LogP contribution in [0.25, 0.3) is 0 Å². The normalized spacial score (nSPS) is 14.4. The molecule has 1 saturated carbocycles. The molecule has 1 aliphatic carbocycles. The van der Waals surface area contributed by atoms with Crippen molar-refractivity contribution in [3.63, 3.8) is 0 Å². The Morgan fingerprint density at radius 2 is 1.94 bits per heavy atom. The maximum atomic E-state index is 11.7. The van der Waals surface area contributed by atoms with Crippen LogP contribution in [0.4, 0.5) is 0 Å². The van der Waals surface area contributed by atoms with Gasteiger partial charge in [0.25, 0.3) is 5.91 Å². The van der Waals surface area contributed by atoms with Crippen molar-refractivity contribution in [2.45, 2.75) is 12.8 Å². The fraction of sp³-hybridized carbons (Fsp3) is 0.462. The summed E-state index contributed by atoms with van der Waals surface area (Å²) in [7, 11) is 0. The number of phenols is 2. The van der Waals surface area contributed by atoms with Crippen molar-refractivity contribution in [2.75, 3.05) is 19.8 Å². The van der Waals surface area contributed by atoms with Crippen LogP contribution in [0.15, 0.2) is 18.2 Å². The van der Waals surface area contributed by atoms with E-state index in [4.69, 9.17) is 4.74 Å². The first-order valence-corrected chi connectivity index (χ1v) is 6.04. The van der Waals surface area contributed by atoms with Crippen LogP contribution in [0.5, 0.6) is 11.5 Å². The molecule has 1 aromatic rings. The third-order valence-electron chi connectivity index (χ3n) is 2.75. The van der Waals surface area contributed by atoms with E-state index >= 15 is 0 Å². The van der Waals surface area contributed by atoms with Gasteiger partial charge < -0.3 is 20.3 Å². The first kappa shape index (κ1) is 12.7. The van der Waals surface area contributed by atoms with Gasteiger partial charge in [0.05, 0.1) is 6.61 Å². The van der Waals surface area contributed by atoms with Crippen LogP contribution in [0.3, 0.4) is 0 Å². The van der Waals surface area contributed by atoms with E-state index in [9.17, 15) is 15.0 Å². The van der Waals surface area contributed by atoms with Gasteiger partial charge in [-0.05, 0) is 30.9 Å². The number of aromatic hydroxyl groups is 2. The second kappa shape index (κ2) is 5.73. The van der Waals surface area contributed by atoms with E-state index in [0.717, 1.165) is 6.61 Å². The molecule has 1 aromatic carbocycles. The maximum absolute atomic E-state index is 11.7. The van der Waals surface area contributed by atoms with Crippen molar-refractivity contribution in [1.29, 1.82) is 0 Å². The molecule has 0 bridgehead atoms. The highest BCUT2D eigenvalue weighted by Gasteiger charge is 2.20. The highest BCUT2D eigenvalue weighted by atomic mass is 16.5. The lowest BCUT2D eigenvalue weighted by molar-refractivity contribution is 0.0906. The van der Waals surface area contributed by atoms with Gasteiger partial charge in [-0.1, -0.05) is 0 Å². The van der Waals surface area contributed by atoms with Crippen molar-refractivity contribution in [2.24, 2.45) is 5.92 Å². The second-order valence-corrected chi connectivity index (χ2v) is 4.51. The van der Waals surface area contributed by atoms with Gasteiger partial charge in [0.2, 0.25) is 0 Å². The summed E-state index contributed by atoms with van der Waals surface area (Å²) >= 11 is 0. The minimum atomic E-state index is -0.337. The number of carbonyl (C=O) groups is 1.